The fourth-order valence-corrected chi connectivity index (χ4v) is 3.15. The third-order valence-electron chi connectivity index (χ3n) is 4.44. The number of ether oxygens (including phenoxy) is 1. The molecule has 0 aliphatic carbocycles. The molecule has 2 heterocycles. The first kappa shape index (κ1) is 14.4. The van der Waals surface area contributed by atoms with Crippen molar-refractivity contribution in [3.63, 3.8) is 0 Å². The molecule has 0 aromatic heterocycles. The maximum atomic E-state index is 12.0. The number of rotatable bonds is 3. The van der Waals surface area contributed by atoms with Crippen molar-refractivity contribution in [3.05, 3.63) is 29.8 Å². The minimum Gasteiger partial charge on any atom is -0.508 e. The molecule has 1 amide bonds. The number of hydrogen-bond donors (Lipinski definition) is 2. The Morgan fingerprint density at radius 1 is 1.29 bits per heavy atom. The van der Waals surface area contributed by atoms with Crippen LogP contribution in [0.4, 0.5) is 0 Å². The zero-order chi connectivity index (χ0) is 14.7. The molecule has 1 aromatic rings. The molecule has 2 saturated heterocycles. The number of morpholine rings is 1. The van der Waals surface area contributed by atoms with E-state index in [9.17, 15) is 9.90 Å². The summed E-state index contributed by atoms with van der Waals surface area (Å²) in [6, 6.07) is 7.18. The molecule has 114 valence electrons. The fraction of sp³-hybridized carbons (Fsp3) is 0.562. The number of carbonyl (C=O) groups is 1. The van der Waals surface area contributed by atoms with E-state index in [1.807, 2.05) is 17.0 Å². The molecule has 1 atom stereocenters. The van der Waals surface area contributed by atoms with Crippen LogP contribution in [0.25, 0.3) is 0 Å². The highest BCUT2D eigenvalue weighted by Gasteiger charge is 2.32. The molecule has 2 N–H and O–H groups in total. The maximum absolute atomic E-state index is 12.0. The van der Waals surface area contributed by atoms with Crippen molar-refractivity contribution in [1.29, 1.82) is 0 Å². The number of piperidine rings is 1. The highest BCUT2D eigenvalue weighted by molar-refractivity contribution is 5.78. The normalized spacial score (nSPS) is 24.3. The largest absolute Gasteiger partial charge is 0.508 e. The molecule has 2 aliphatic heterocycles. The smallest absolute Gasteiger partial charge is 0.248 e. The highest BCUT2D eigenvalue weighted by Crippen LogP contribution is 2.25. The van der Waals surface area contributed by atoms with Gasteiger partial charge in [-0.05, 0) is 37.9 Å². The molecule has 1 unspecified atom stereocenters. The van der Waals surface area contributed by atoms with Crippen molar-refractivity contribution in [1.82, 2.24) is 10.2 Å². The van der Waals surface area contributed by atoms with Gasteiger partial charge in [-0.2, -0.15) is 0 Å². The van der Waals surface area contributed by atoms with Gasteiger partial charge in [-0.15, -0.1) is 0 Å². The molecular formula is C16H22N2O3. The zero-order valence-electron chi connectivity index (χ0n) is 12.1. The molecule has 5 heteroatoms. The van der Waals surface area contributed by atoms with E-state index in [-0.39, 0.29) is 24.4 Å². The molecule has 5 nitrogen and oxygen atoms in total. The number of carbonyl (C=O) groups excluding carboxylic acids is 1. The summed E-state index contributed by atoms with van der Waals surface area (Å²) in [5.74, 6) is 0.768. The number of phenols is 1. The molecule has 2 fully saturated rings. The van der Waals surface area contributed by atoms with Gasteiger partial charge in [0.05, 0.1) is 6.10 Å². The topological polar surface area (TPSA) is 61.8 Å². The quantitative estimate of drug-likeness (QED) is 0.876. The first-order valence-corrected chi connectivity index (χ1v) is 7.61. The summed E-state index contributed by atoms with van der Waals surface area (Å²) in [6.45, 7) is 3.28. The van der Waals surface area contributed by atoms with Crippen LogP contribution >= 0.6 is 0 Å². The van der Waals surface area contributed by atoms with Crippen LogP contribution in [0.5, 0.6) is 5.75 Å². The summed E-state index contributed by atoms with van der Waals surface area (Å²) in [5.41, 5.74) is 0.789. The van der Waals surface area contributed by atoms with Gasteiger partial charge in [0.15, 0.2) is 0 Å². The second-order valence-electron chi connectivity index (χ2n) is 5.84. The number of aromatic hydroxyl groups is 1. The Bertz CT molecular complexity index is 500. The first-order valence-electron chi connectivity index (χ1n) is 7.61. The van der Waals surface area contributed by atoms with Gasteiger partial charge in [-0.1, -0.05) is 18.2 Å². The van der Waals surface area contributed by atoms with Gasteiger partial charge in [0, 0.05) is 18.7 Å². The van der Waals surface area contributed by atoms with E-state index in [1.54, 1.807) is 12.1 Å². The Labute approximate surface area is 124 Å². The predicted molar refractivity (Wildman–Crippen MR) is 78.9 cm³/mol. The molecule has 2 aliphatic rings. The van der Waals surface area contributed by atoms with Crippen LogP contribution in [0, 0.1) is 5.92 Å². The van der Waals surface area contributed by atoms with Crippen molar-refractivity contribution in [2.24, 2.45) is 5.92 Å². The minimum absolute atomic E-state index is 0.00318. The van der Waals surface area contributed by atoms with E-state index >= 15 is 0 Å². The van der Waals surface area contributed by atoms with Crippen LogP contribution in [0.2, 0.25) is 0 Å². The molecule has 3 rings (SSSR count). The lowest BCUT2D eigenvalue weighted by Crippen LogP contribution is -2.50. The Balaban J connectivity index is 1.66. The van der Waals surface area contributed by atoms with E-state index in [1.165, 1.54) is 0 Å². The lowest BCUT2D eigenvalue weighted by Gasteiger charge is -2.38. The van der Waals surface area contributed by atoms with Gasteiger partial charge in [0.2, 0.25) is 5.91 Å². The van der Waals surface area contributed by atoms with Crippen LogP contribution in [0.1, 0.15) is 18.4 Å². The average molecular weight is 290 g/mol. The van der Waals surface area contributed by atoms with E-state index in [0.29, 0.717) is 19.0 Å². The summed E-state index contributed by atoms with van der Waals surface area (Å²) < 4.78 is 5.75. The van der Waals surface area contributed by atoms with E-state index in [4.69, 9.17) is 4.74 Å². The summed E-state index contributed by atoms with van der Waals surface area (Å²) in [4.78, 5) is 13.9. The molecule has 21 heavy (non-hydrogen) atoms. The van der Waals surface area contributed by atoms with Crippen LogP contribution in [-0.4, -0.2) is 48.3 Å². The number of para-hydroxylation sites is 1. The van der Waals surface area contributed by atoms with Crippen LogP contribution < -0.4 is 5.32 Å². The predicted octanol–water partition coefficient (Wildman–Crippen LogP) is 1.12. The third-order valence-corrected chi connectivity index (χ3v) is 4.44. The number of amides is 1. The van der Waals surface area contributed by atoms with E-state index in [0.717, 1.165) is 31.5 Å². The number of nitrogens with one attached hydrogen (secondary N) is 1. The average Bonchev–Trinajstić information content (AvgIpc) is 2.52. The SMILES string of the molecule is O=C1COC(C2CCNCC2)CN1Cc1ccccc1O. The van der Waals surface area contributed by atoms with Crippen molar-refractivity contribution in [3.8, 4) is 5.75 Å². The molecular weight excluding hydrogens is 268 g/mol. The molecule has 1 aromatic carbocycles. The van der Waals surface area contributed by atoms with Crippen LogP contribution in [0.3, 0.4) is 0 Å². The summed E-state index contributed by atoms with van der Waals surface area (Å²) >= 11 is 0. The maximum Gasteiger partial charge on any atom is 0.248 e. The summed E-state index contributed by atoms with van der Waals surface area (Å²) in [7, 11) is 0. The van der Waals surface area contributed by atoms with Crippen LogP contribution in [0.15, 0.2) is 24.3 Å². The standard InChI is InChI=1S/C16H22N2O3/c19-14-4-2-1-3-13(14)9-18-10-15(21-11-16(18)20)12-5-7-17-8-6-12/h1-4,12,15,17,19H,5-11H2. The Kier molecular flexibility index (Phi) is 4.41. The Hall–Kier alpha value is -1.59. The molecule has 0 radical (unpaired) electrons. The van der Waals surface area contributed by atoms with Crippen molar-refractivity contribution < 1.29 is 14.6 Å². The molecule has 0 bridgehead atoms. The highest BCUT2D eigenvalue weighted by atomic mass is 16.5. The number of hydrogen-bond acceptors (Lipinski definition) is 4. The second-order valence-corrected chi connectivity index (χ2v) is 5.84. The number of benzene rings is 1. The Morgan fingerprint density at radius 2 is 2.05 bits per heavy atom. The monoisotopic (exact) mass is 290 g/mol. The first-order chi connectivity index (χ1) is 10.2. The van der Waals surface area contributed by atoms with Gasteiger partial charge in [-0.3, -0.25) is 4.79 Å². The van der Waals surface area contributed by atoms with Crippen molar-refractivity contribution in [2.75, 3.05) is 26.2 Å². The van der Waals surface area contributed by atoms with Crippen LogP contribution in [-0.2, 0) is 16.1 Å². The van der Waals surface area contributed by atoms with E-state index < -0.39 is 0 Å². The lowest BCUT2D eigenvalue weighted by molar-refractivity contribution is -0.153. The van der Waals surface area contributed by atoms with E-state index in [2.05, 4.69) is 5.32 Å². The van der Waals surface area contributed by atoms with Gasteiger partial charge < -0.3 is 20.1 Å². The lowest BCUT2D eigenvalue weighted by atomic mass is 9.91. The van der Waals surface area contributed by atoms with Gasteiger partial charge in [0.1, 0.15) is 12.4 Å². The number of phenolic OH excluding ortho intramolecular Hbond substituents is 1. The van der Waals surface area contributed by atoms with Gasteiger partial charge in [-0.25, -0.2) is 0 Å². The van der Waals surface area contributed by atoms with Crippen molar-refractivity contribution in [2.45, 2.75) is 25.5 Å². The Morgan fingerprint density at radius 3 is 2.81 bits per heavy atom. The fourth-order valence-electron chi connectivity index (χ4n) is 3.15. The van der Waals surface area contributed by atoms with Gasteiger partial charge >= 0.3 is 0 Å². The molecule has 0 spiro atoms. The van der Waals surface area contributed by atoms with Gasteiger partial charge in [0.25, 0.3) is 0 Å². The zero-order valence-corrected chi connectivity index (χ0v) is 12.1. The summed E-state index contributed by atoms with van der Waals surface area (Å²) in [5, 5.41) is 13.2. The number of nitrogens with zero attached hydrogens (tertiary/aromatic N) is 1. The minimum atomic E-state index is 0.00318. The van der Waals surface area contributed by atoms with Crippen molar-refractivity contribution >= 4 is 5.91 Å². The third kappa shape index (κ3) is 3.36. The second kappa shape index (κ2) is 6.45. The summed E-state index contributed by atoms with van der Waals surface area (Å²) in [6.07, 6.45) is 2.32. The molecule has 0 saturated carbocycles.